The van der Waals surface area contributed by atoms with E-state index >= 15 is 0 Å². The van der Waals surface area contributed by atoms with Crippen molar-refractivity contribution in [2.24, 2.45) is 0 Å². The van der Waals surface area contributed by atoms with E-state index in [4.69, 9.17) is 0 Å². The van der Waals surface area contributed by atoms with Gasteiger partial charge in [0.1, 0.15) is 0 Å². The Balaban J connectivity index is -0.0000000900. The summed E-state index contributed by atoms with van der Waals surface area (Å²) in [5, 5.41) is 0. The summed E-state index contributed by atoms with van der Waals surface area (Å²) in [5.41, 5.74) is 0. The number of hydrogen-bond acceptors (Lipinski definition) is 0. The van der Waals surface area contributed by atoms with Crippen molar-refractivity contribution in [1.82, 2.24) is 0 Å². The van der Waals surface area contributed by atoms with Gasteiger partial charge < -0.3 is 0 Å². The summed E-state index contributed by atoms with van der Waals surface area (Å²) >= 11 is 0. The molecule has 0 spiro atoms. The second kappa shape index (κ2) is 14.6. The van der Waals surface area contributed by atoms with Crippen LogP contribution in [0.5, 0.6) is 0 Å². The fourth-order valence-electron chi connectivity index (χ4n) is 0. The van der Waals surface area contributed by atoms with Gasteiger partial charge in [-0.05, 0) is 0 Å². The van der Waals surface area contributed by atoms with E-state index in [-0.39, 0.29) is 40.5 Å². The van der Waals surface area contributed by atoms with Crippen LogP contribution in [0.15, 0.2) is 0 Å². The monoisotopic (exact) mass is 228 g/mol. The molecule has 0 unspecified atom stereocenters. The summed E-state index contributed by atoms with van der Waals surface area (Å²) in [6.45, 7) is 0. The van der Waals surface area contributed by atoms with Crippen LogP contribution in [0.25, 0.3) is 0 Å². The fraction of sp³-hybridized carbons (Fsp3) is 1.00. The Bertz CT molecular complexity index is 38.3. The molecule has 12 heavy (non-hydrogen) atoms. The van der Waals surface area contributed by atoms with Crippen LogP contribution in [-0.4, -0.2) is 0 Å². The van der Waals surface area contributed by atoms with Gasteiger partial charge in [0.2, 0.25) is 0 Å². The summed E-state index contributed by atoms with van der Waals surface area (Å²) in [5.74, 6) is 0. The molecule has 0 aromatic rings. The van der Waals surface area contributed by atoms with E-state index in [1.807, 2.05) is 0 Å². The minimum absolute atomic E-state index is 0. The van der Waals surface area contributed by atoms with E-state index in [2.05, 4.69) is 0 Å². The Morgan fingerprint density at radius 3 is 0.333 bits per heavy atom. The van der Waals surface area contributed by atoms with E-state index in [0.29, 0.717) is 0 Å². The van der Waals surface area contributed by atoms with Crippen molar-refractivity contribution in [3.63, 3.8) is 0 Å². The van der Waals surface area contributed by atoms with Crippen LogP contribution >= 0.6 is 40.5 Å². The lowest BCUT2D eigenvalue weighted by Crippen LogP contribution is -0.856. The minimum Gasteiger partial charge on any atom is -0.197 e. The highest BCUT2D eigenvalue weighted by Gasteiger charge is 1.95. The van der Waals surface area contributed by atoms with Gasteiger partial charge in [-0.25, -0.2) is 0 Å². The average Bonchev–Trinajstić information content (AvgIpc) is 2.70. The molecular weight excluding hydrogens is 204 g/mol. The highest BCUT2D eigenvalue weighted by Crippen LogP contribution is 2.15. The SMILES string of the molecule is C1CC1.C1CC1.C1CC1.S.S.S. The van der Waals surface area contributed by atoms with E-state index in [1.54, 1.807) is 0 Å². The zero-order chi connectivity index (χ0) is 6.36. The Morgan fingerprint density at radius 1 is 0.250 bits per heavy atom. The molecule has 0 aliphatic heterocycles. The number of hydrogen-bond donors (Lipinski definition) is 0. The predicted octanol–water partition coefficient (Wildman–Crippen LogP) is 3.85. The third kappa shape index (κ3) is 68.0. The first-order chi connectivity index (χ1) is 4.50. The minimum atomic E-state index is 0. The molecule has 3 heteroatoms. The van der Waals surface area contributed by atoms with Gasteiger partial charge in [0.25, 0.3) is 0 Å². The molecular formula is C9H24S3. The molecule has 3 rings (SSSR count). The summed E-state index contributed by atoms with van der Waals surface area (Å²) in [7, 11) is 0. The number of rotatable bonds is 0. The highest BCUT2D eigenvalue weighted by molar-refractivity contribution is 7.59. The smallest absolute Gasteiger partial charge is 0.0533 e. The van der Waals surface area contributed by atoms with Crippen LogP contribution in [0.4, 0.5) is 0 Å². The molecule has 78 valence electrons. The molecule has 0 heterocycles. The van der Waals surface area contributed by atoms with E-state index in [0.717, 1.165) is 0 Å². The second-order valence-corrected chi connectivity index (χ2v) is 3.18. The van der Waals surface area contributed by atoms with Crippen molar-refractivity contribution >= 4 is 40.5 Å². The van der Waals surface area contributed by atoms with Crippen LogP contribution in [0.1, 0.15) is 57.8 Å². The Kier molecular flexibility index (Phi) is 22.8. The van der Waals surface area contributed by atoms with Crippen molar-refractivity contribution < 1.29 is 0 Å². The summed E-state index contributed by atoms with van der Waals surface area (Å²) in [4.78, 5) is 0. The first kappa shape index (κ1) is 18.8. The molecule has 3 aliphatic carbocycles. The maximum atomic E-state index is 1.50. The van der Waals surface area contributed by atoms with Crippen LogP contribution in [0, 0.1) is 0 Å². The third-order valence-corrected chi connectivity index (χ3v) is 1.06. The van der Waals surface area contributed by atoms with Gasteiger partial charge in [-0.1, -0.05) is 57.8 Å². The lowest BCUT2D eigenvalue weighted by molar-refractivity contribution is 1.50. The first-order valence-electron chi connectivity index (χ1n) is 4.50. The molecule has 0 N–H and O–H groups in total. The van der Waals surface area contributed by atoms with Crippen molar-refractivity contribution in [2.45, 2.75) is 57.8 Å². The lowest BCUT2D eigenvalue weighted by Gasteiger charge is -1.05. The molecule has 0 aromatic heterocycles. The van der Waals surface area contributed by atoms with Gasteiger partial charge in [0.05, 0.1) is 0 Å². The quantitative estimate of drug-likeness (QED) is 0.591. The molecule has 0 amide bonds. The zero-order valence-electron chi connectivity index (χ0n) is 7.86. The average molecular weight is 228 g/mol. The van der Waals surface area contributed by atoms with Crippen molar-refractivity contribution in [3.8, 4) is 0 Å². The molecule has 0 aromatic carbocycles. The van der Waals surface area contributed by atoms with Crippen molar-refractivity contribution in [3.05, 3.63) is 0 Å². The topological polar surface area (TPSA) is 0 Å². The lowest BCUT2D eigenvalue weighted by atomic mass is 11.0. The Labute approximate surface area is 98.2 Å². The Hall–Kier alpha value is 1.05. The maximum absolute atomic E-state index is 1.50. The molecule has 3 saturated carbocycles. The highest BCUT2D eigenvalue weighted by atomic mass is 32.1. The molecule has 0 atom stereocenters. The summed E-state index contributed by atoms with van der Waals surface area (Å²) in [6.07, 6.45) is 13.5. The summed E-state index contributed by atoms with van der Waals surface area (Å²) < 4.78 is 0. The molecule has 0 radical (unpaired) electrons. The van der Waals surface area contributed by atoms with Crippen LogP contribution in [0.3, 0.4) is 0 Å². The van der Waals surface area contributed by atoms with Crippen molar-refractivity contribution in [2.75, 3.05) is 0 Å². The molecule has 0 nitrogen and oxygen atoms in total. The maximum Gasteiger partial charge on any atom is -0.0533 e. The van der Waals surface area contributed by atoms with Crippen molar-refractivity contribution in [1.29, 1.82) is 0 Å². The van der Waals surface area contributed by atoms with Gasteiger partial charge in [-0.15, -0.1) is 0 Å². The van der Waals surface area contributed by atoms with E-state index in [9.17, 15) is 0 Å². The van der Waals surface area contributed by atoms with Crippen LogP contribution in [-0.2, 0) is 0 Å². The molecule has 0 saturated heterocycles. The molecule has 3 aliphatic rings. The standard InChI is InChI=1S/3C3H6.3H2S/c3*1-2-3-1;;;/h3*1-3H2;3*1H2. The fourth-order valence-corrected chi connectivity index (χ4v) is 0. The Morgan fingerprint density at radius 2 is 0.333 bits per heavy atom. The predicted molar refractivity (Wildman–Crippen MR) is 72.7 cm³/mol. The van der Waals surface area contributed by atoms with Gasteiger partial charge in [-0.2, -0.15) is 40.5 Å². The first-order valence-corrected chi connectivity index (χ1v) is 4.50. The molecule has 0 bridgehead atoms. The normalized spacial score (nSPS) is 18.0. The van der Waals surface area contributed by atoms with Gasteiger partial charge >= 0.3 is 0 Å². The molecule has 3 fully saturated rings. The largest absolute Gasteiger partial charge is 0.197 e. The van der Waals surface area contributed by atoms with E-state index in [1.165, 1.54) is 57.8 Å². The van der Waals surface area contributed by atoms with Crippen LogP contribution in [0.2, 0.25) is 0 Å². The van der Waals surface area contributed by atoms with E-state index < -0.39 is 0 Å². The third-order valence-electron chi connectivity index (χ3n) is 1.06. The van der Waals surface area contributed by atoms with Gasteiger partial charge in [0.15, 0.2) is 0 Å². The second-order valence-electron chi connectivity index (χ2n) is 3.18. The van der Waals surface area contributed by atoms with Gasteiger partial charge in [0, 0.05) is 0 Å². The van der Waals surface area contributed by atoms with Gasteiger partial charge in [-0.3, -0.25) is 0 Å². The zero-order valence-corrected chi connectivity index (χ0v) is 10.9. The summed E-state index contributed by atoms with van der Waals surface area (Å²) in [6, 6.07) is 0. The van der Waals surface area contributed by atoms with Crippen LogP contribution < -0.4 is 0 Å².